The van der Waals surface area contributed by atoms with Gasteiger partial charge in [0, 0.05) is 67.5 Å². The Morgan fingerprint density at radius 1 is 0.194 bits per heavy atom. The van der Waals surface area contributed by atoms with Gasteiger partial charge in [0.2, 0.25) is 0 Å². The van der Waals surface area contributed by atoms with E-state index in [4.69, 9.17) is 8.83 Å². The van der Waals surface area contributed by atoms with Gasteiger partial charge >= 0.3 is 216 Å². The molecule has 0 radical (unpaired) electrons. The number of furan rings is 2. The largest absolute Gasteiger partial charge is 0.456 e. The average molecular weight is 1790 g/mol. The minimum atomic E-state index is 0.105. The number of para-hydroxylation sites is 3. The van der Waals surface area contributed by atoms with Crippen LogP contribution in [0.3, 0.4) is 0 Å². The number of fused-ring (bicyclic) bond motifs is 24. The topological polar surface area (TPSA) is 26.3 Å². The summed E-state index contributed by atoms with van der Waals surface area (Å²) in [5, 5.41) is 24.3. The Morgan fingerprint density at radius 3 is 1.08 bits per heavy atom. The summed E-state index contributed by atoms with van der Waals surface area (Å²) in [6.07, 6.45) is 0. The Kier molecular flexibility index (Phi) is 24.1. The van der Waals surface area contributed by atoms with Crippen LogP contribution in [0.2, 0.25) is 0 Å². The molecule has 0 bridgehead atoms. The Labute approximate surface area is 753 Å². The Bertz CT molecular complexity index is 7000. The molecule has 0 amide bonds. The van der Waals surface area contributed by atoms with E-state index in [0.717, 1.165) is 22.3 Å². The van der Waals surface area contributed by atoms with Gasteiger partial charge in [0.05, 0.1) is 0 Å². The molecule has 22 aromatic rings. The summed E-state index contributed by atoms with van der Waals surface area (Å²) in [7, 11) is 0. The smallest absolute Gasteiger partial charge is 0.139 e. The zero-order valence-corrected chi connectivity index (χ0v) is 81.1. The second-order valence-corrected chi connectivity index (χ2v) is 47.0. The van der Waals surface area contributed by atoms with Crippen molar-refractivity contribution in [1.82, 2.24) is 0 Å². The normalized spacial score (nSPS) is 12.4. The standard InChI is InChI=1S/C22H20.2C16H16O.2C16H16S.2C16H16Se/c1-22(2,3)15-12-13-20-18-10-5-4-8-16(18)17-9-6-7-11-19(17)21(20)14-15;1-16(2,3)13-9-6-8-12-11-7-4-5-10-14(11)17-15(12)13;1-16(2,3)11-8-9-15-13(10-11)12-6-4-5-7-14(12)17-15;1-16(2,3)13-9-6-8-12-11-7-4-5-10-14(11)17-15(12)13;1-16(2,3)11-8-9-15-13(10-11)12-6-4-5-7-14(12)17-15;1-16(2,3)13-9-6-8-12-11-7-4-5-10-14(11)17-15(12)13;1-16(2,3)11-8-9-15-13(10-11)12-6-4-5-7-14(12)17-15/h4-14H,1-3H3;6*4-10H,1-3H3. The van der Waals surface area contributed by atoms with Gasteiger partial charge in [0.25, 0.3) is 0 Å². The van der Waals surface area contributed by atoms with Crippen molar-refractivity contribution < 1.29 is 8.83 Å². The summed E-state index contributed by atoms with van der Waals surface area (Å²) < 4.78 is 23.6. The van der Waals surface area contributed by atoms with E-state index in [0.29, 0.717) is 29.0 Å². The third-order valence-electron chi connectivity index (χ3n) is 24.0. The molecule has 6 heterocycles. The number of benzene rings is 16. The number of hydrogen-bond donors (Lipinski definition) is 0. The van der Waals surface area contributed by atoms with E-state index in [1.807, 2.05) is 46.9 Å². The first-order valence-corrected chi connectivity index (χ1v) is 48.8. The van der Waals surface area contributed by atoms with Gasteiger partial charge in [0.15, 0.2) is 0 Å². The third kappa shape index (κ3) is 18.2. The van der Waals surface area contributed by atoms with Gasteiger partial charge in [-0.25, -0.2) is 0 Å². The van der Waals surface area contributed by atoms with Crippen LogP contribution in [0.5, 0.6) is 0 Å². The molecule has 0 aliphatic rings. The fraction of sp³-hybridized carbons (Fsp3) is 0.237. The molecule has 0 aliphatic heterocycles. The molecule has 22 rings (SSSR count). The summed E-state index contributed by atoms with van der Waals surface area (Å²) in [4.78, 5) is 0. The summed E-state index contributed by atoms with van der Waals surface area (Å²) in [6.45, 7) is 47.6. The molecule has 0 saturated carbocycles. The maximum absolute atomic E-state index is 6.01. The second-order valence-electron chi connectivity index (χ2n) is 40.4. The van der Waals surface area contributed by atoms with Crippen LogP contribution in [0.4, 0.5) is 0 Å². The minimum absolute atomic E-state index is 0.105. The maximum atomic E-state index is 6.01. The fourth-order valence-corrected chi connectivity index (χ4v) is 24.8. The fourth-order valence-electron chi connectivity index (χ4n) is 17.0. The van der Waals surface area contributed by atoms with Crippen molar-refractivity contribution >= 4 is 207 Å². The van der Waals surface area contributed by atoms with Crippen molar-refractivity contribution in [2.45, 2.75) is 183 Å². The predicted molar refractivity (Wildman–Crippen MR) is 553 cm³/mol. The van der Waals surface area contributed by atoms with Gasteiger partial charge in [-0.15, -0.1) is 22.7 Å². The van der Waals surface area contributed by atoms with Crippen LogP contribution in [0, 0.1) is 0 Å². The monoisotopic (exact) mass is 1790 g/mol. The zero-order valence-electron chi connectivity index (χ0n) is 76.0. The first-order chi connectivity index (χ1) is 58.9. The maximum Gasteiger partial charge on any atom is 0.139 e. The van der Waals surface area contributed by atoms with Crippen molar-refractivity contribution in [3.05, 3.63) is 360 Å². The molecule has 624 valence electrons. The van der Waals surface area contributed by atoms with Crippen molar-refractivity contribution in [2.75, 3.05) is 0 Å². The third-order valence-corrected chi connectivity index (χ3v) is 31.3. The molecule has 16 aromatic carbocycles. The van der Waals surface area contributed by atoms with Crippen LogP contribution in [-0.4, -0.2) is 29.0 Å². The van der Waals surface area contributed by atoms with Crippen LogP contribution < -0.4 is 0 Å². The molecule has 6 aromatic heterocycles. The quantitative estimate of drug-likeness (QED) is 0.112. The number of rotatable bonds is 0. The van der Waals surface area contributed by atoms with E-state index in [2.05, 4.69) is 443 Å². The second kappa shape index (κ2) is 34.4. The van der Waals surface area contributed by atoms with Crippen LogP contribution in [-0.2, 0) is 37.9 Å². The summed E-state index contributed by atoms with van der Waals surface area (Å²) in [5.74, 6) is 0. The van der Waals surface area contributed by atoms with Gasteiger partial charge in [-0.05, 0) is 136 Å². The van der Waals surface area contributed by atoms with Gasteiger partial charge in [-0.1, -0.05) is 286 Å². The molecule has 0 spiro atoms. The molecule has 0 fully saturated rings. The molecule has 0 saturated heterocycles. The van der Waals surface area contributed by atoms with Gasteiger partial charge in [-0.2, -0.15) is 0 Å². The van der Waals surface area contributed by atoms with E-state index >= 15 is 0 Å². The predicted octanol–water partition coefficient (Wildman–Crippen LogP) is 35.6. The van der Waals surface area contributed by atoms with Crippen molar-refractivity contribution in [2.24, 2.45) is 0 Å². The molecule has 2 nitrogen and oxygen atoms in total. The Morgan fingerprint density at radius 2 is 0.532 bits per heavy atom. The summed E-state index contributed by atoms with van der Waals surface area (Å²) >= 11 is 4.78. The van der Waals surface area contributed by atoms with Crippen molar-refractivity contribution in [3.63, 3.8) is 0 Å². The zero-order chi connectivity index (χ0) is 87.6. The van der Waals surface area contributed by atoms with E-state index < -0.39 is 0 Å². The van der Waals surface area contributed by atoms with Crippen molar-refractivity contribution in [1.29, 1.82) is 0 Å². The molecular weight excluding hydrogens is 1670 g/mol. The van der Waals surface area contributed by atoms with Crippen LogP contribution in [0.15, 0.2) is 330 Å². The van der Waals surface area contributed by atoms with Crippen LogP contribution >= 0.6 is 22.7 Å². The van der Waals surface area contributed by atoms with Crippen LogP contribution in [0.25, 0.3) is 155 Å². The molecule has 124 heavy (non-hydrogen) atoms. The molecule has 6 heteroatoms. The first kappa shape index (κ1) is 86.9. The van der Waals surface area contributed by atoms with E-state index in [1.54, 1.807) is 4.26 Å². The Balaban J connectivity index is 0.000000107. The van der Waals surface area contributed by atoms with Crippen molar-refractivity contribution in [3.8, 4) is 0 Å². The summed E-state index contributed by atoms with van der Waals surface area (Å²) in [5.41, 5.74) is 15.1. The van der Waals surface area contributed by atoms with Gasteiger partial charge < -0.3 is 8.83 Å². The van der Waals surface area contributed by atoms with E-state index in [-0.39, 0.29) is 37.9 Å². The van der Waals surface area contributed by atoms with Crippen LogP contribution in [0.1, 0.15) is 184 Å². The number of hydrogen-bond acceptors (Lipinski definition) is 4. The van der Waals surface area contributed by atoms with E-state index in [9.17, 15) is 0 Å². The van der Waals surface area contributed by atoms with Gasteiger partial charge in [-0.3, -0.25) is 0 Å². The molecular formula is C118H116O2S2Se2. The molecule has 0 atom stereocenters. The number of thiophene rings is 2. The summed E-state index contributed by atoms with van der Waals surface area (Å²) in [6, 6.07) is 116. The minimum Gasteiger partial charge on any atom is -0.456 e. The van der Waals surface area contributed by atoms with Gasteiger partial charge in [0.1, 0.15) is 22.3 Å². The average Bonchev–Trinajstić information content (AvgIpc) is 1.09. The Hall–Kier alpha value is -10.6. The molecule has 0 unspecified atom stereocenters. The molecule has 0 N–H and O–H groups in total. The molecule has 0 aliphatic carbocycles. The SMILES string of the molecule is CC(C)(C)c1ccc2[se]c3ccccc3c2c1.CC(C)(C)c1ccc2c3ccccc3c3ccccc3c2c1.CC(C)(C)c1ccc2oc3ccccc3c2c1.CC(C)(C)c1ccc2sc3ccccc3c2c1.CC(C)(C)c1cccc2c1[se]c1ccccc12.CC(C)(C)c1cccc2c1oc1ccccc12.CC(C)(C)c1cccc2c1sc1ccccc12. The van der Waals surface area contributed by atoms with E-state index in [1.165, 1.54) is 167 Å². The first-order valence-electron chi connectivity index (χ1n) is 43.8.